The van der Waals surface area contributed by atoms with E-state index in [2.05, 4.69) is 108 Å². The number of fused-ring (bicyclic) bond motifs is 7. The van der Waals surface area contributed by atoms with E-state index in [1.807, 2.05) is 66.7 Å². The van der Waals surface area contributed by atoms with Gasteiger partial charge in [0.05, 0.1) is 16.7 Å². The lowest BCUT2D eigenvalue weighted by Crippen LogP contribution is -2.11. The molecule has 7 aromatic carbocycles. The summed E-state index contributed by atoms with van der Waals surface area (Å²) in [5, 5.41) is 4.13. The molecule has 1 unspecified atom stereocenters. The van der Waals surface area contributed by atoms with E-state index in [9.17, 15) is 0 Å². The number of hydrogen-bond acceptors (Lipinski definition) is 5. The summed E-state index contributed by atoms with van der Waals surface area (Å²) < 4.78 is 15.3. The highest BCUT2D eigenvalue weighted by molar-refractivity contribution is 6.10. The molecule has 53 heavy (non-hydrogen) atoms. The molecule has 0 fully saturated rings. The van der Waals surface area contributed by atoms with Crippen LogP contribution in [-0.2, 0) is 0 Å². The third-order valence-electron chi connectivity index (χ3n) is 10.3. The number of para-hydroxylation sites is 5. The van der Waals surface area contributed by atoms with Gasteiger partial charge in [0.15, 0.2) is 23.7 Å². The van der Waals surface area contributed by atoms with Gasteiger partial charge in [-0.15, -0.1) is 0 Å². The highest BCUT2D eigenvalue weighted by atomic mass is 16.3. The van der Waals surface area contributed by atoms with Crippen LogP contribution in [0.3, 0.4) is 0 Å². The Morgan fingerprint density at radius 1 is 0.434 bits per heavy atom. The predicted octanol–water partition coefficient (Wildman–Crippen LogP) is 11.7. The van der Waals surface area contributed by atoms with Crippen molar-refractivity contribution in [2.45, 2.75) is 5.92 Å². The van der Waals surface area contributed by atoms with Gasteiger partial charge in [-0.05, 0) is 35.4 Å². The molecule has 0 spiro atoms. The molecule has 1 aliphatic rings. The smallest absolute Gasteiger partial charge is 0.216 e. The zero-order valence-corrected chi connectivity index (χ0v) is 28.3. The van der Waals surface area contributed by atoms with Crippen LogP contribution >= 0.6 is 0 Å². The van der Waals surface area contributed by atoms with Crippen molar-refractivity contribution in [3.05, 3.63) is 175 Å². The molecule has 1 aliphatic heterocycles. The molecule has 0 N–H and O–H groups in total. The summed E-state index contributed by atoms with van der Waals surface area (Å²) >= 11 is 0. The van der Waals surface area contributed by atoms with Gasteiger partial charge in [-0.2, -0.15) is 4.58 Å². The lowest BCUT2D eigenvalue weighted by atomic mass is 9.90. The molecule has 0 saturated carbocycles. The molecule has 1 atom stereocenters. The minimum atomic E-state index is -0.299. The molecule has 0 aliphatic carbocycles. The summed E-state index contributed by atoms with van der Waals surface area (Å²) in [7, 11) is 0. The van der Waals surface area contributed by atoms with Gasteiger partial charge in [-0.25, -0.2) is 15.0 Å². The zero-order valence-electron chi connectivity index (χ0n) is 28.3. The van der Waals surface area contributed by atoms with Crippen LogP contribution in [0.25, 0.3) is 77.8 Å². The van der Waals surface area contributed by atoms with E-state index in [0.717, 1.165) is 83.1 Å². The third-order valence-corrected chi connectivity index (χ3v) is 10.3. The summed E-state index contributed by atoms with van der Waals surface area (Å²) in [6.07, 6.45) is 2.23. The van der Waals surface area contributed by atoms with Gasteiger partial charge in [0.25, 0.3) is 0 Å². The topological polar surface area (TPSA) is 68.0 Å². The van der Waals surface area contributed by atoms with Crippen molar-refractivity contribution in [3.8, 4) is 33.9 Å². The molecule has 11 rings (SSSR count). The average molecular weight is 682 g/mol. The number of nitrogens with zero attached hydrogens (tertiary/aromatic N) is 4. The van der Waals surface area contributed by atoms with Crippen molar-refractivity contribution < 1.29 is 8.83 Å². The Morgan fingerprint density at radius 3 is 1.57 bits per heavy atom. The first-order chi connectivity index (χ1) is 26.3. The number of hydrogen-bond donors (Lipinski definition) is 0. The second-order valence-electron chi connectivity index (χ2n) is 13.3. The third kappa shape index (κ3) is 4.66. The Labute approximate surface area is 304 Å². The van der Waals surface area contributed by atoms with Crippen molar-refractivity contribution in [2.24, 2.45) is 0 Å². The molecule has 0 saturated heterocycles. The molecule has 10 aromatic rings. The van der Waals surface area contributed by atoms with Gasteiger partial charge in [0, 0.05) is 39.7 Å². The van der Waals surface area contributed by atoms with Crippen molar-refractivity contribution in [1.29, 1.82) is 0 Å². The Hall–Kier alpha value is -7.18. The summed E-state index contributed by atoms with van der Waals surface area (Å²) in [4.78, 5) is 15.9. The van der Waals surface area contributed by atoms with Crippen LogP contribution in [0.1, 0.15) is 17.3 Å². The molecule has 0 radical (unpaired) electrons. The van der Waals surface area contributed by atoms with Crippen LogP contribution < -0.4 is 4.58 Å². The number of rotatable bonds is 5. The molecule has 0 amide bonds. The minimum absolute atomic E-state index is 0.299. The lowest BCUT2D eigenvalue weighted by molar-refractivity contribution is 0.669. The van der Waals surface area contributed by atoms with E-state index in [1.54, 1.807) is 0 Å². The van der Waals surface area contributed by atoms with Crippen molar-refractivity contribution in [2.75, 3.05) is 0 Å². The fraction of sp³-hybridized carbons (Fsp3) is 0.0213. The monoisotopic (exact) mass is 681 g/mol. The predicted molar refractivity (Wildman–Crippen MR) is 213 cm³/mol. The zero-order chi connectivity index (χ0) is 34.9. The first kappa shape index (κ1) is 29.5. The Bertz CT molecular complexity index is 2940. The molecule has 6 heteroatoms. The fourth-order valence-corrected chi connectivity index (χ4v) is 7.89. The van der Waals surface area contributed by atoms with Gasteiger partial charge in [-0.1, -0.05) is 121 Å². The number of aromatic nitrogens is 3. The molecular formula is C47H29N4O2+. The summed E-state index contributed by atoms with van der Waals surface area (Å²) in [6.45, 7) is 0. The number of furan rings is 2. The van der Waals surface area contributed by atoms with Crippen LogP contribution in [0.2, 0.25) is 0 Å². The van der Waals surface area contributed by atoms with E-state index in [0.29, 0.717) is 17.5 Å². The minimum Gasteiger partial charge on any atom is -0.455 e. The first-order valence-corrected chi connectivity index (χ1v) is 17.7. The Balaban J connectivity index is 1.21. The first-order valence-electron chi connectivity index (χ1n) is 17.7. The van der Waals surface area contributed by atoms with Gasteiger partial charge in [0.2, 0.25) is 11.4 Å². The SMILES string of the molecule is C1=[N+](c2ccccc2)c2cccc(-c3ccccc3)c2C1c1nc(-c2cccc3c2oc2ccccc23)nc(-c2cccc3c2oc2ccccc23)n1. The van der Waals surface area contributed by atoms with E-state index in [1.165, 1.54) is 0 Å². The standard InChI is InChI=1S/C47H29N4O2/c1-3-14-29(15-4-1)31-20-13-25-39-42(31)38(28-51(39)30-16-5-2-6-17-30)47-49-45(36-23-11-21-34-32-18-7-9-26-40(32)52-43(34)36)48-46(50-47)37-24-12-22-35-33-19-8-10-27-41(33)53-44(35)37/h1-28,38H/q+1. The highest BCUT2D eigenvalue weighted by Gasteiger charge is 2.38. The largest absolute Gasteiger partial charge is 0.455 e. The van der Waals surface area contributed by atoms with E-state index >= 15 is 0 Å². The Morgan fingerprint density at radius 2 is 0.943 bits per heavy atom. The van der Waals surface area contributed by atoms with E-state index < -0.39 is 0 Å². The Kier molecular flexibility index (Phi) is 6.51. The molecule has 248 valence electrons. The lowest BCUT2D eigenvalue weighted by Gasteiger charge is -2.14. The highest BCUT2D eigenvalue weighted by Crippen LogP contribution is 2.44. The van der Waals surface area contributed by atoms with Crippen LogP contribution in [0.4, 0.5) is 11.4 Å². The van der Waals surface area contributed by atoms with E-state index in [-0.39, 0.29) is 5.92 Å². The summed E-state index contributed by atoms with van der Waals surface area (Å²) in [5.74, 6) is 1.40. The van der Waals surface area contributed by atoms with Gasteiger partial charge in [0.1, 0.15) is 28.2 Å². The van der Waals surface area contributed by atoms with Crippen LogP contribution in [0.5, 0.6) is 0 Å². The maximum absolute atomic E-state index is 6.53. The second-order valence-corrected chi connectivity index (χ2v) is 13.3. The molecule has 6 nitrogen and oxygen atoms in total. The molecule has 0 bridgehead atoms. The molecular weight excluding hydrogens is 653 g/mol. The van der Waals surface area contributed by atoms with Gasteiger partial charge in [-0.3, -0.25) is 0 Å². The molecule has 4 heterocycles. The van der Waals surface area contributed by atoms with Gasteiger partial charge < -0.3 is 8.83 Å². The van der Waals surface area contributed by atoms with E-state index in [4.69, 9.17) is 23.8 Å². The van der Waals surface area contributed by atoms with Crippen molar-refractivity contribution in [3.63, 3.8) is 0 Å². The van der Waals surface area contributed by atoms with Crippen LogP contribution in [-0.4, -0.2) is 21.2 Å². The average Bonchev–Trinajstić information content (AvgIpc) is 3.93. The fourth-order valence-electron chi connectivity index (χ4n) is 7.89. The summed E-state index contributed by atoms with van der Waals surface area (Å²) in [6, 6.07) is 56.0. The maximum Gasteiger partial charge on any atom is 0.216 e. The molecule has 3 aromatic heterocycles. The van der Waals surface area contributed by atoms with Crippen LogP contribution in [0, 0.1) is 0 Å². The number of benzene rings is 7. The van der Waals surface area contributed by atoms with Crippen LogP contribution in [0.15, 0.2) is 173 Å². The summed E-state index contributed by atoms with van der Waals surface area (Å²) in [5.41, 5.74) is 10.3. The van der Waals surface area contributed by atoms with Crippen molar-refractivity contribution in [1.82, 2.24) is 19.5 Å². The maximum atomic E-state index is 6.53. The normalized spacial score (nSPS) is 14.0. The quantitative estimate of drug-likeness (QED) is 0.169. The second kappa shape index (κ2) is 11.7. The van der Waals surface area contributed by atoms with Crippen molar-refractivity contribution >= 4 is 61.5 Å². The van der Waals surface area contributed by atoms with Gasteiger partial charge >= 0.3 is 0 Å².